The third-order valence-electron chi connectivity index (χ3n) is 3.55. The molecule has 0 spiro atoms. The van der Waals surface area contributed by atoms with Crippen molar-refractivity contribution in [2.45, 2.75) is 20.0 Å². The first-order valence-corrected chi connectivity index (χ1v) is 8.18. The van der Waals surface area contributed by atoms with Crippen LogP contribution in [-0.2, 0) is 13.1 Å². The van der Waals surface area contributed by atoms with E-state index in [4.69, 9.17) is 17.0 Å². The van der Waals surface area contributed by atoms with Crippen molar-refractivity contribution in [1.82, 2.24) is 25.1 Å². The number of aromatic amines is 1. The van der Waals surface area contributed by atoms with Gasteiger partial charge in [-0.15, -0.1) is 0 Å². The van der Waals surface area contributed by atoms with E-state index in [1.54, 1.807) is 42.7 Å². The van der Waals surface area contributed by atoms with Gasteiger partial charge < -0.3 is 14.6 Å². The van der Waals surface area contributed by atoms with Gasteiger partial charge in [0.2, 0.25) is 0 Å². The summed E-state index contributed by atoms with van der Waals surface area (Å²) >= 11 is 5.13. The molecular weight excluding hydrogens is 338 g/mol. The van der Waals surface area contributed by atoms with Crippen molar-refractivity contribution in [1.29, 1.82) is 0 Å². The zero-order chi connectivity index (χ0) is 17.6. The van der Waals surface area contributed by atoms with Gasteiger partial charge in [0.1, 0.15) is 11.5 Å². The van der Waals surface area contributed by atoms with Crippen LogP contribution in [0.3, 0.4) is 0 Å². The van der Waals surface area contributed by atoms with Gasteiger partial charge >= 0.3 is 0 Å². The molecule has 128 valence electrons. The number of carbonyl (C=O) groups is 1. The second-order valence-corrected chi connectivity index (χ2v) is 5.57. The minimum atomic E-state index is -0.190. The molecule has 2 heterocycles. The molecule has 0 fully saturated rings. The zero-order valence-corrected chi connectivity index (χ0v) is 14.4. The summed E-state index contributed by atoms with van der Waals surface area (Å²) in [4.78, 5) is 16.2. The predicted molar refractivity (Wildman–Crippen MR) is 95.0 cm³/mol. The molecule has 0 atom stereocenters. The number of H-pyrrole nitrogens is 1. The fourth-order valence-corrected chi connectivity index (χ4v) is 2.57. The van der Waals surface area contributed by atoms with Gasteiger partial charge in [-0.2, -0.15) is 5.10 Å². The van der Waals surface area contributed by atoms with Gasteiger partial charge in [-0.1, -0.05) is 0 Å². The molecule has 8 heteroatoms. The van der Waals surface area contributed by atoms with Crippen LogP contribution < -0.4 is 10.1 Å². The van der Waals surface area contributed by atoms with Crippen LogP contribution in [0.5, 0.6) is 11.5 Å². The Kier molecular flexibility index (Phi) is 5.20. The van der Waals surface area contributed by atoms with Crippen LogP contribution in [0.1, 0.15) is 23.1 Å². The monoisotopic (exact) mass is 355 g/mol. The lowest BCUT2D eigenvalue weighted by Gasteiger charge is -2.08. The maximum Gasteiger partial charge on any atom is 0.251 e. The lowest BCUT2D eigenvalue weighted by atomic mass is 10.2. The zero-order valence-electron chi connectivity index (χ0n) is 13.6. The number of carbonyl (C=O) groups excluding carboxylic acids is 1. The van der Waals surface area contributed by atoms with Crippen molar-refractivity contribution in [2.24, 2.45) is 0 Å². The maximum absolute atomic E-state index is 12.3. The molecule has 1 aromatic carbocycles. The van der Waals surface area contributed by atoms with Crippen LogP contribution in [0, 0.1) is 4.77 Å². The van der Waals surface area contributed by atoms with Crippen molar-refractivity contribution < 1.29 is 9.53 Å². The molecule has 1 amide bonds. The van der Waals surface area contributed by atoms with Crippen LogP contribution in [0.25, 0.3) is 0 Å². The molecule has 3 rings (SSSR count). The van der Waals surface area contributed by atoms with Gasteiger partial charge in [-0.05, 0) is 55.5 Å². The second-order valence-electron chi connectivity index (χ2n) is 5.19. The van der Waals surface area contributed by atoms with Gasteiger partial charge in [0.15, 0.2) is 10.6 Å². The fourth-order valence-electron chi connectivity index (χ4n) is 2.29. The first kappa shape index (κ1) is 16.8. The highest BCUT2D eigenvalue weighted by molar-refractivity contribution is 7.71. The minimum Gasteiger partial charge on any atom is -0.456 e. The van der Waals surface area contributed by atoms with E-state index in [0.717, 1.165) is 0 Å². The number of hydrogen-bond acceptors (Lipinski definition) is 5. The second kappa shape index (κ2) is 7.71. The van der Waals surface area contributed by atoms with E-state index < -0.39 is 0 Å². The fraction of sp³-hybridized carbons (Fsp3) is 0.176. The Hall–Kier alpha value is -3.00. The average Bonchev–Trinajstić information content (AvgIpc) is 3.01. The Balaban J connectivity index is 1.61. The third-order valence-corrected chi connectivity index (χ3v) is 3.86. The number of ether oxygens (including phenoxy) is 1. The molecular formula is C17H17N5O2S. The molecule has 0 bridgehead atoms. The number of nitrogens with one attached hydrogen (secondary N) is 2. The molecule has 2 aromatic heterocycles. The van der Waals surface area contributed by atoms with Crippen molar-refractivity contribution in [3.8, 4) is 11.5 Å². The first-order chi connectivity index (χ1) is 12.2. The summed E-state index contributed by atoms with van der Waals surface area (Å²) in [6, 6.07) is 10.5. The number of aromatic nitrogens is 4. The third kappa shape index (κ3) is 4.10. The smallest absolute Gasteiger partial charge is 0.251 e. The van der Waals surface area contributed by atoms with Gasteiger partial charge in [0.05, 0.1) is 12.7 Å². The number of hydrogen-bond donors (Lipinski definition) is 2. The number of nitrogens with zero attached hydrogens (tertiary/aromatic N) is 3. The average molecular weight is 355 g/mol. The van der Waals surface area contributed by atoms with Crippen molar-refractivity contribution >= 4 is 18.1 Å². The SMILES string of the molecule is CCn1c(CNC(=O)c2ccc(Oc3cccnc3)cc2)n[nH]c1=S. The highest BCUT2D eigenvalue weighted by Crippen LogP contribution is 2.20. The molecule has 0 aliphatic heterocycles. The summed E-state index contributed by atoms with van der Waals surface area (Å²) in [5.41, 5.74) is 0.538. The van der Waals surface area contributed by atoms with E-state index in [1.807, 2.05) is 17.6 Å². The van der Waals surface area contributed by atoms with Crippen LogP contribution in [0.2, 0.25) is 0 Å². The molecule has 25 heavy (non-hydrogen) atoms. The van der Waals surface area contributed by atoms with Crippen LogP contribution >= 0.6 is 12.2 Å². The van der Waals surface area contributed by atoms with E-state index >= 15 is 0 Å². The molecule has 0 aliphatic carbocycles. The predicted octanol–water partition coefficient (Wildman–Crippen LogP) is 3.08. The number of benzene rings is 1. The summed E-state index contributed by atoms with van der Waals surface area (Å²) in [6.07, 6.45) is 3.30. The minimum absolute atomic E-state index is 0.190. The van der Waals surface area contributed by atoms with Crippen LogP contribution in [0.15, 0.2) is 48.8 Å². The number of rotatable bonds is 6. The standard InChI is InChI=1S/C17H17N5O2S/c1-2-22-15(20-21-17(22)25)11-19-16(23)12-5-7-13(8-6-12)24-14-4-3-9-18-10-14/h3-10H,2,11H2,1H3,(H,19,23)(H,21,25). The Morgan fingerprint density at radius 1 is 1.28 bits per heavy atom. The van der Waals surface area contributed by atoms with Crippen LogP contribution in [0.4, 0.5) is 0 Å². The van der Waals surface area contributed by atoms with Crippen molar-refractivity contribution in [3.63, 3.8) is 0 Å². The molecule has 3 aromatic rings. The Labute approximate surface area is 149 Å². The highest BCUT2D eigenvalue weighted by atomic mass is 32.1. The summed E-state index contributed by atoms with van der Waals surface area (Å²) in [5.74, 6) is 1.78. The van der Waals surface area contributed by atoms with E-state index in [1.165, 1.54) is 0 Å². The quantitative estimate of drug-likeness (QED) is 0.664. The van der Waals surface area contributed by atoms with Crippen molar-refractivity contribution in [3.05, 3.63) is 65.0 Å². The highest BCUT2D eigenvalue weighted by Gasteiger charge is 2.09. The Bertz CT molecular complexity index is 903. The molecule has 2 N–H and O–H groups in total. The number of amides is 1. The van der Waals surface area contributed by atoms with Crippen LogP contribution in [-0.4, -0.2) is 25.7 Å². The van der Waals surface area contributed by atoms with E-state index in [0.29, 0.717) is 40.7 Å². The normalized spacial score (nSPS) is 10.4. The molecule has 0 radical (unpaired) electrons. The number of pyridine rings is 1. The van der Waals surface area contributed by atoms with Gasteiger partial charge in [0.25, 0.3) is 5.91 Å². The van der Waals surface area contributed by atoms with Gasteiger partial charge in [-0.25, -0.2) is 0 Å². The molecule has 0 saturated carbocycles. The lowest BCUT2D eigenvalue weighted by Crippen LogP contribution is -2.24. The van der Waals surface area contributed by atoms with Gasteiger partial charge in [0, 0.05) is 18.3 Å². The van der Waals surface area contributed by atoms with Crippen molar-refractivity contribution in [2.75, 3.05) is 0 Å². The topological polar surface area (TPSA) is 84.8 Å². The molecule has 0 saturated heterocycles. The summed E-state index contributed by atoms with van der Waals surface area (Å²) in [5, 5.41) is 9.68. The van der Waals surface area contributed by atoms with E-state index in [9.17, 15) is 4.79 Å². The lowest BCUT2D eigenvalue weighted by molar-refractivity contribution is 0.0949. The Morgan fingerprint density at radius 3 is 2.76 bits per heavy atom. The summed E-state index contributed by atoms with van der Waals surface area (Å²) in [6.45, 7) is 2.96. The van der Waals surface area contributed by atoms with E-state index in [2.05, 4.69) is 20.5 Å². The summed E-state index contributed by atoms with van der Waals surface area (Å²) < 4.78 is 8.03. The van der Waals surface area contributed by atoms with E-state index in [-0.39, 0.29) is 5.91 Å². The molecule has 0 unspecified atom stereocenters. The largest absolute Gasteiger partial charge is 0.456 e. The maximum atomic E-state index is 12.3. The summed E-state index contributed by atoms with van der Waals surface area (Å²) in [7, 11) is 0. The van der Waals surface area contributed by atoms with Gasteiger partial charge in [-0.3, -0.25) is 14.9 Å². The Morgan fingerprint density at radius 2 is 2.08 bits per heavy atom. The first-order valence-electron chi connectivity index (χ1n) is 7.77. The molecule has 7 nitrogen and oxygen atoms in total. The molecule has 0 aliphatic rings.